The first-order chi connectivity index (χ1) is 10.8. The Kier molecular flexibility index (Phi) is 6.71. The van der Waals surface area contributed by atoms with Crippen molar-refractivity contribution in [2.24, 2.45) is 0 Å². The predicted octanol–water partition coefficient (Wildman–Crippen LogP) is 4.14. The molecule has 1 nitrogen and oxygen atoms in total. The molecule has 0 aromatic heterocycles. The topological polar surface area (TPSA) is 9.23 Å². The summed E-state index contributed by atoms with van der Waals surface area (Å²) in [6, 6.07) is 4.78. The molecule has 0 atom stereocenters. The van der Waals surface area contributed by atoms with E-state index in [4.69, 9.17) is 4.74 Å². The van der Waals surface area contributed by atoms with Gasteiger partial charge in [-0.15, -0.1) is 0 Å². The first-order valence-electron chi connectivity index (χ1n) is 8.95. The van der Waals surface area contributed by atoms with Crippen LogP contribution < -0.4 is 9.20 Å². The number of unbranched alkanes of at least 4 members (excludes halogenated alkanes) is 3. The van der Waals surface area contributed by atoms with Crippen molar-refractivity contribution in [2.75, 3.05) is 6.61 Å². The molecule has 0 saturated heterocycles. The molecule has 1 aliphatic rings. The second-order valence-electron chi connectivity index (χ2n) is 8.11. The van der Waals surface area contributed by atoms with E-state index in [2.05, 4.69) is 60.9 Å². The van der Waals surface area contributed by atoms with Gasteiger partial charge in [0.1, 0.15) is 0 Å². The van der Waals surface area contributed by atoms with E-state index < -0.39 is 0 Å². The molecule has 1 aromatic rings. The van der Waals surface area contributed by atoms with Gasteiger partial charge in [-0.3, -0.25) is 0 Å². The normalized spacial score (nSPS) is 18.5. The van der Waals surface area contributed by atoms with Crippen molar-refractivity contribution in [1.29, 1.82) is 0 Å². The monoisotopic (exact) mass is 448 g/mol. The Balaban J connectivity index is 2.33. The zero-order valence-corrected chi connectivity index (χ0v) is 19.0. The molecular weight excluding hydrogens is 414 g/mol. The van der Waals surface area contributed by atoms with Crippen LogP contribution in [0.25, 0.3) is 0 Å². The third-order valence-corrected chi connectivity index (χ3v) is 8.45. The molecule has 0 unspecified atom stereocenters. The molecule has 0 bridgehead atoms. The van der Waals surface area contributed by atoms with Crippen molar-refractivity contribution in [1.82, 2.24) is 0 Å². The van der Waals surface area contributed by atoms with Crippen molar-refractivity contribution in [3.8, 4) is 5.75 Å². The van der Waals surface area contributed by atoms with Crippen molar-refractivity contribution in [3.05, 3.63) is 23.3 Å². The van der Waals surface area contributed by atoms with Gasteiger partial charge in [0, 0.05) is 0 Å². The van der Waals surface area contributed by atoms with Gasteiger partial charge in [-0.05, 0) is 0 Å². The summed E-state index contributed by atoms with van der Waals surface area (Å²) < 4.78 is 7.78. The van der Waals surface area contributed by atoms with E-state index in [1.807, 2.05) is 0 Å². The quantitative estimate of drug-likeness (QED) is 0.452. The Bertz CT molecular complexity index is 535. The van der Waals surface area contributed by atoms with Gasteiger partial charge < -0.3 is 0 Å². The van der Waals surface area contributed by atoms with Crippen LogP contribution in [0.15, 0.2) is 12.1 Å². The van der Waals surface area contributed by atoms with Gasteiger partial charge in [-0.25, -0.2) is 0 Å². The van der Waals surface area contributed by atoms with E-state index >= 15 is 0 Å². The molecule has 3 heteroatoms. The second-order valence-corrected chi connectivity index (χ2v) is 11.5. The van der Waals surface area contributed by atoms with Crippen LogP contribution in [0.2, 0.25) is 0 Å². The average molecular weight is 446 g/mol. The van der Waals surface area contributed by atoms with Crippen LogP contribution in [0.5, 0.6) is 5.75 Å². The molecule has 0 N–H and O–H groups in total. The van der Waals surface area contributed by atoms with E-state index in [1.165, 1.54) is 59.9 Å². The Morgan fingerprint density at radius 2 is 1.74 bits per heavy atom. The molecule has 0 aliphatic heterocycles. The molecule has 2 rings (SSSR count). The Hall–Kier alpha value is 0.0590. The minimum absolute atomic E-state index is 0.220. The Morgan fingerprint density at radius 3 is 2.39 bits per heavy atom. The summed E-state index contributed by atoms with van der Waals surface area (Å²) in [6.45, 7) is 12.7. The standard InChI is InChI=1S/C20H32OSe2/c1-6-7-8-9-12-21-17-14-15(23-22)13-16-18(17)20(4,5)11-10-19(16,2)3/h13-14,22H,6-12H2,1-5H3. The third-order valence-electron chi connectivity index (χ3n) is 5.22. The molecular formula is C20H32OSe2. The van der Waals surface area contributed by atoms with Crippen molar-refractivity contribution < 1.29 is 4.74 Å². The minimum atomic E-state index is 0.220. The molecule has 23 heavy (non-hydrogen) atoms. The van der Waals surface area contributed by atoms with E-state index in [-0.39, 0.29) is 10.8 Å². The van der Waals surface area contributed by atoms with Gasteiger partial charge in [0.2, 0.25) is 0 Å². The number of fused-ring (bicyclic) bond motifs is 1. The fraction of sp³-hybridized carbons (Fsp3) is 0.700. The van der Waals surface area contributed by atoms with E-state index in [0.29, 0.717) is 13.1 Å². The summed E-state index contributed by atoms with van der Waals surface area (Å²) in [6.07, 6.45) is 7.55. The predicted molar refractivity (Wildman–Crippen MR) is 104 cm³/mol. The van der Waals surface area contributed by atoms with Crippen LogP contribution in [0.1, 0.15) is 84.3 Å². The summed E-state index contributed by atoms with van der Waals surface area (Å²) in [5.41, 5.74) is 3.49. The molecule has 130 valence electrons. The zero-order chi connectivity index (χ0) is 17.1. The van der Waals surface area contributed by atoms with Crippen molar-refractivity contribution >= 4 is 31.8 Å². The van der Waals surface area contributed by atoms with Crippen molar-refractivity contribution in [3.63, 3.8) is 0 Å². The van der Waals surface area contributed by atoms with Gasteiger partial charge in [0.05, 0.1) is 0 Å². The maximum atomic E-state index is 6.33. The number of rotatable bonds is 7. The van der Waals surface area contributed by atoms with Gasteiger partial charge in [0.15, 0.2) is 0 Å². The van der Waals surface area contributed by atoms with Gasteiger partial charge in [-0.1, -0.05) is 0 Å². The molecule has 1 aliphatic carbocycles. The fourth-order valence-corrected chi connectivity index (χ4v) is 5.43. The molecule has 0 fully saturated rings. The van der Waals surface area contributed by atoms with Gasteiger partial charge in [-0.2, -0.15) is 0 Å². The second kappa shape index (κ2) is 7.96. The average Bonchev–Trinajstić information content (AvgIpc) is 2.51. The number of hydrogen-bond donors (Lipinski definition) is 0. The van der Waals surface area contributed by atoms with Crippen LogP contribution in [-0.2, 0) is 10.8 Å². The van der Waals surface area contributed by atoms with Crippen LogP contribution >= 0.6 is 0 Å². The first kappa shape index (κ1) is 19.4. The third kappa shape index (κ3) is 4.57. The SMILES string of the molecule is CCCCCCOc1cc([Se][SeH])cc2c1C(C)(C)CCC2(C)C. The Labute approximate surface area is 155 Å². The van der Waals surface area contributed by atoms with Gasteiger partial charge in [0.25, 0.3) is 0 Å². The van der Waals surface area contributed by atoms with E-state index in [0.717, 1.165) is 6.61 Å². The number of benzene rings is 1. The summed E-state index contributed by atoms with van der Waals surface area (Å²) in [4.78, 5) is 0. The van der Waals surface area contributed by atoms with Gasteiger partial charge >= 0.3 is 156 Å². The molecule has 0 amide bonds. The molecule has 0 radical (unpaired) electrons. The van der Waals surface area contributed by atoms with Crippen LogP contribution in [-0.4, -0.2) is 33.9 Å². The zero-order valence-electron chi connectivity index (χ0n) is 15.4. The van der Waals surface area contributed by atoms with Crippen LogP contribution in [0, 0.1) is 0 Å². The summed E-state index contributed by atoms with van der Waals surface area (Å²) in [5, 5.41) is 0. The van der Waals surface area contributed by atoms with Crippen molar-refractivity contribution in [2.45, 2.75) is 84.0 Å². The summed E-state index contributed by atoms with van der Waals surface area (Å²) in [5.74, 6) is 1.17. The van der Waals surface area contributed by atoms with E-state index in [9.17, 15) is 0 Å². The molecule has 0 spiro atoms. The number of ether oxygens (including phenoxy) is 1. The first-order valence-corrected chi connectivity index (χ1v) is 14.6. The van der Waals surface area contributed by atoms with Crippen LogP contribution in [0.4, 0.5) is 0 Å². The maximum absolute atomic E-state index is 6.33. The fourth-order valence-electron chi connectivity index (χ4n) is 3.58. The number of hydrogen-bond acceptors (Lipinski definition) is 1. The Morgan fingerprint density at radius 1 is 1.04 bits per heavy atom. The van der Waals surface area contributed by atoms with Crippen LogP contribution in [0.3, 0.4) is 0 Å². The van der Waals surface area contributed by atoms with E-state index in [1.54, 1.807) is 0 Å². The molecule has 1 aromatic carbocycles. The summed E-state index contributed by atoms with van der Waals surface area (Å²) >= 11 is 3.23. The molecule has 0 saturated carbocycles. The molecule has 0 heterocycles. The summed E-state index contributed by atoms with van der Waals surface area (Å²) in [7, 11) is 0.